The summed E-state index contributed by atoms with van der Waals surface area (Å²) in [7, 11) is 6.22. The number of nitrogens with zero attached hydrogens (tertiary/aromatic N) is 1. The van der Waals surface area contributed by atoms with Gasteiger partial charge in [-0.05, 0) is 18.1 Å². The van der Waals surface area contributed by atoms with Crippen molar-refractivity contribution in [2.75, 3.05) is 21.3 Å². The molecule has 0 aliphatic carbocycles. The summed E-state index contributed by atoms with van der Waals surface area (Å²) < 4.78 is 17.8. The van der Waals surface area contributed by atoms with Crippen molar-refractivity contribution in [3.63, 3.8) is 0 Å². The number of carboxylic acid groups (broad SMARTS) is 1. The Morgan fingerprint density at radius 1 is 1.08 bits per heavy atom. The molecule has 1 heterocycles. The van der Waals surface area contributed by atoms with E-state index in [9.17, 15) is 14.7 Å². The highest BCUT2D eigenvalue weighted by atomic mass is 16.5. The lowest BCUT2D eigenvalue weighted by Gasteiger charge is -2.18. The zero-order valence-corrected chi connectivity index (χ0v) is 15.7. The number of methoxy groups -OCH3 is 3. The molecule has 0 saturated heterocycles. The molecule has 2 N–H and O–H groups in total. The summed E-state index contributed by atoms with van der Waals surface area (Å²) in [6.07, 6.45) is 0. The van der Waals surface area contributed by atoms with Gasteiger partial charge < -0.3 is 29.2 Å². The van der Waals surface area contributed by atoms with Gasteiger partial charge in [0.15, 0.2) is 11.5 Å². The van der Waals surface area contributed by atoms with E-state index in [1.54, 1.807) is 37.6 Å². The molecule has 0 saturated carbocycles. The van der Waals surface area contributed by atoms with Crippen LogP contribution in [0.4, 0.5) is 0 Å². The third kappa shape index (κ3) is 3.26. The third-order valence-electron chi connectivity index (χ3n) is 4.27. The zero-order chi connectivity index (χ0) is 19.6. The first-order valence-electron chi connectivity index (χ1n) is 8.08. The summed E-state index contributed by atoms with van der Waals surface area (Å²) in [6, 6.07) is 2.42. The Hall–Kier alpha value is -2.90. The number of aliphatic carboxylic acids is 1. The fourth-order valence-electron chi connectivity index (χ4n) is 2.93. The molecule has 0 bridgehead atoms. The van der Waals surface area contributed by atoms with Crippen LogP contribution in [-0.2, 0) is 11.8 Å². The highest BCUT2D eigenvalue weighted by molar-refractivity contribution is 6.02. The number of rotatable bonds is 7. The Bertz CT molecular complexity index is 840. The van der Waals surface area contributed by atoms with Gasteiger partial charge in [-0.3, -0.25) is 4.79 Å². The SMILES string of the molecule is COc1cc2cc(C(=O)NC(C(=O)O)C(C)C)n(C)c2c(OC)c1OC. The molecule has 2 rings (SSSR count). The van der Waals surface area contributed by atoms with Crippen LogP contribution in [0.1, 0.15) is 24.3 Å². The smallest absolute Gasteiger partial charge is 0.326 e. The van der Waals surface area contributed by atoms with E-state index in [4.69, 9.17) is 14.2 Å². The van der Waals surface area contributed by atoms with Crippen LogP contribution in [0.25, 0.3) is 10.9 Å². The van der Waals surface area contributed by atoms with Gasteiger partial charge in [-0.15, -0.1) is 0 Å². The summed E-state index contributed by atoms with van der Waals surface area (Å²) in [5, 5.41) is 12.6. The van der Waals surface area contributed by atoms with Crippen LogP contribution in [0.5, 0.6) is 17.2 Å². The number of aryl methyl sites for hydroxylation is 1. The van der Waals surface area contributed by atoms with Crippen LogP contribution in [0.3, 0.4) is 0 Å². The van der Waals surface area contributed by atoms with Crippen LogP contribution < -0.4 is 19.5 Å². The van der Waals surface area contributed by atoms with E-state index in [0.717, 1.165) is 0 Å². The van der Waals surface area contributed by atoms with Crippen molar-refractivity contribution in [1.82, 2.24) is 9.88 Å². The standard InChI is InChI=1S/C18H24N2O6/c1-9(2)13(18(22)23)19-17(21)11-7-10-8-12(24-4)15(25-5)16(26-6)14(10)20(11)3/h7-9,13H,1-6H3,(H,19,21)(H,22,23). The predicted octanol–water partition coefficient (Wildman–Crippen LogP) is 2.04. The number of hydrogen-bond acceptors (Lipinski definition) is 5. The highest BCUT2D eigenvalue weighted by Crippen LogP contribution is 2.44. The van der Waals surface area contributed by atoms with Crippen LogP contribution in [0, 0.1) is 5.92 Å². The van der Waals surface area contributed by atoms with Crippen LogP contribution >= 0.6 is 0 Å². The lowest BCUT2D eigenvalue weighted by Crippen LogP contribution is -2.44. The summed E-state index contributed by atoms with van der Waals surface area (Å²) in [6.45, 7) is 3.47. The maximum absolute atomic E-state index is 12.7. The van der Waals surface area contributed by atoms with Gasteiger partial charge in [0, 0.05) is 12.4 Å². The Kier molecular flexibility index (Phi) is 5.64. The molecule has 0 fully saturated rings. The molecule has 8 nitrogen and oxygen atoms in total. The lowest BCUT2D eigenvalue weighted by atomic mass is 10.0. The van der Waals surface area contributed by atoms with E-state index in [0.29, 0.717) is 33.8 Å². The molecular formula is C18H24N2O6. The van der Waals surface area contributed by atoms with Crippen molar-refractivity contribution < 1.29 is 28.9 Å². The number of ether oxygens (including phenoxy) is 3. The molecule has 1 aromatic heterocycles. The number of carboxylic acids is 1. The van der Waals surface area contributed by atoms with Gasteiger partial charge >= 0.3 is 5.97 Å². The quantitative estimate of drug-likeness (QED) is 0.780. The molecular weight excluding hydrogens is 340 g/mol. The molecule has 1 aromatic carbocycles. The second-order valence-corrected chi connectivity index (χ2v) is 6.21. The molecule has 0 aliphatic heterocycles. The Labute approximate surface area is 151 Å². The molecule has 1 amide bonds. The van der Waals surface area contributed by atoms with Gasteiger partial charge in [-0.2, -0.15) is 0 Å². The molecule has 0 radical (unpaired) electrons. The fraction of sp³-hybridized carbons (Fsp3) is 0.444. The number of carbonyl (C=O) groups excluding carboxylic acids is 1. The third-order valence-corrected chi connectivity index (χ3v) is 4.27. The number of aromatic nitrogens is 1. The molecule has 8 heteroatoms. The first-order valence-corrected chi connectivity index (χ1v) is 8.08. The van der Waals surface area contributed by atoms with Crippen LogP contribution in [0.2, 0.25) is 0 Å². The van der Waals surface area contributed by atoms with Crippen molar-refractivity contribution in [3.8, 4) is 17.2 Å². The van der Waals surface area contributed by atoms with E-state index >= 15 is 0 Å². The monoisotopic (exact) mass is 364 g/mol. The fourth-order valence-corrected chi connectivity index (χ4v) is 2.93. The van der Waals surface area contributed by atoms with E-state index in [1.165, 1.54) is 21.3 Å². The molecule has 0 aliphatic rings. The number of nitrogens with one attached hydrogen (secondary N) is 1. The lowest BCUT2D eigenvalue weighted by molar-refractivity contribution is -0.140. The molecule has 26 heavy (non-hydrogen) atoms. The van der Waals surface area contributed by atoms with E-state index in [2.05, 4.69) is 5.32 Å². The molecule has 1 unspecified atom stereocenters. The Morgan fingerprint density at radius 2 is 1.69 bits per heavy atom. The maximum atomic E-state index is 12.7. The van der Waals surface area contributed by atoms with Crippen molar-refractivity contribution in [3.05, 3.63) is 17.8 Å². The number of hydrogen-bond donors (Lipinski definition) is 2. The van der Waals surface area contributed by atoms with Crippen molar-refractivity contribution in [1.29, 1.82) is 0 Å². The average Bonchev–Trinajstić information content (AvgIpc) is 2.93. The second kappa shape index (κ2) is 7.55. The number of fused-ring (bicyclic) bond motifs is 1. The van der Waals surface area contributed by atoms with E-state index in [-0.39, 0.29) is 5.92 Å². The molecule has 2 aromatic rings. The van der Waals surface area contributed by atoms with Crippen molar-refractivity contribution in [2.24, 2.45) is 13.0 Å². The molecule has 1 atom stereocenters. The summed E-state index contributed by atoms with van der Waals surface area (Å²) in [5.74, 6) is -0.484. The highest BCUT2D eigenvalue weighted by Gasteiger charge is 2.27. The van der Waals surface area contributed by atoms with Gasteiger partial charge in [0.2, 0.25) is 5.75 Å². The van der Waals surface area contributed by atoms with Crippen molar-refractivity contribution in [2.45, 2.75) is 19.9 Å². The first-order chi connectivity index (χ1) is 12.3. The minimum atomic E-state index is -1.08. The van der Waals surface area contributed by atoms with Crippen LogP contribution in [-0.4, -0.2) is 48.9 Å². The van der Waals surface area contributed by atoms with Gasteiger partial charge in [-0.1, -0.05) is 13.8 Å². The minimum absolute atomic E-state index is 0.249. The Balaban J connectivity index is 2.58. The summed E-state index contributed by atoms with van der Waals surface area (Å²) in [5.41, 5.74) is 0.951. The summed E-state index contributed by atoms with van der Waals surface area (Å²) >= 11 is 0. The number of benzene rings is 1. The second-order valence-electron chi connectivity index (χ2n) is 6.21. The topological polar surface area (TPSA) is 99.0 Å². The predicted molar refractivity (Wildman–Crippen MR) is 96.3 cm³/mol. The summed E-state index contributed by atoms with van der Waals surface area (Å²) in [4.78, 5) is 24.0. The largest absolute Gasteiger partial charge is 0.493 e. The Morgan fingerprint density at radius 3 is 2.15 bits per heavy atom. The molecule has 0 spiro atoms. The first kappa shape index (κ1) is 19.4. The average molecular weight is 364 g/mol. The van der Waals surface area contributed by atoms with Crippen LogP contribution in [0.15, 0.2) is 12.1 Å². The number of carbonyl (C=O) groups is 2. The van der Waals surface area contributed by atoms with Gasteiger partial charge in [-0.25, -0.2) is 4.79 Å². The van der Waals surface area contributed by atoms with Gasteiger partial charge in [0.1, 0.15) is 11.7 Å². The van der Waals surface area contributed by atoms with Gasteiger partial charge in [0.05, 0.1) is 26.8 Å². The molecule has 142 valence electrons. The zero-order valence-electron chi connectivity index (χ0n) is 15.7. The van der Waals surface area contributed by atoms with Crippen molar-refractivity contribution >= 4 is 22.8 Å². The minimum Gasteiger partial charge on any atom is -0.493 e. The maximum Gasteiger partial charge on any atom is 0.326 e. The van der Waals surface area contributed by atoms with Gasteiger partial charge in [0.25, 0.3) is 5.91 Å². The number of amides is 1. The van der Waals surface area contributed by atoms with E-state index in [1.807, 2.05) is 0 Å². The normalized spacial score (nSPS) is 12.1. The van der Waals surface area contributed by atoms with E-state index < -0.39 is 17.9 Å².